The Bertz CT molecular complexity index is 300. The lowest BCUT2D eigenvalue weighted by molar-refractivity contribution is 0.603. The van der Waals surface area contributed by atoms with E-state index in [0.29, 0.717) is 22.4 Å². The van der Waals surface area contributed by atoms with Crippen molar-refractivity contribution in [3.63, 3.8) is 0 Å². The Morgan fingerprint density at radius 3 is 2.27 bits per heavy atom. The SMILES string of the molecule is Nc1ccc(P=O)c(N)c1N. The molecule has 6 N–H and O–H groups in total. The topological polar surface area (TPSA) is 95.1 Å². The predicted octanol–water partition coefficient (Wildman–Crippen LogP) is 0.350. The Morgan fingerprint density at radius 2 is 1.73 bits per heavy atom. The fraction of sp³-hybridized carbons (Fsp3) is 0. The average Bonchev–Trinajstić information content (AvgIpc) is 2.01. The molecule has 0 radical (unpaired) electrons. The fourth-order valence-corrected chi connectivity index (χ4v) is 1.08. The molecule has 5 heteroatoms. The molecular formula is C6H8N3OP. The maximum absolute atomic E-state index is 10.4. The summed E-state index contributed by atoms with van der Waals surface area (Å²) in [5.41, 5.74) is 17.4. The summed E-state index contributed by atoms with van der Waals surface area (Å²) in [6.07, 6.45) is 0. The molecule has 0 saturated carbocycles. The molecule has 1 rings (SSSR count). The summed E-state index contributed by atoms with van der Waals surface area (Å²) in [5, 5.41) is 0.469. The number of hydrogen-bond acceptors (Lipinski definition) is 4. The Labute approximate surface area is 65.6 Å². The summed E-state index contributed by atoms with van der Waals surface area (Å²) in [4.78, 5) is 0. The zero-order chi connectivity index (χ0) is 8.43. The standard InChI is InChI=1S/C6H8N3OP/c7-3-1-2-4(11-10)6(9)5(3)8/h1-2H,7-9H2. The van der Waals surface area contributed by atoms with Gasteiger partial charge in [0, 0.05) is 0 Å². The van der Waals surface area contributed by atoms with Crippen LogP contribution < -0.4 is 22.5 Å². The van der Waals surface area contributed by atoms with Gasteiger partial charge in [-0.1, -0.05) is 0 Å². The van der Waals surface area contributed by atoms with E-state index < -0.39 is 0 Å². The monoisotopic (exact) mass is 169 g/mol. The average molecular weight is 169 g/mol. The van der Waals surface area contributed by atoms with Crippen LogP contribution in [0.4, 0.5) is 17.1 Å². The van der Waals surface area contributed by atoms with E-state index in [1.807, 2.05) is 0 Å². The minimum absolute atomic E-state index is 0.141. The summed E-state index contributed by atoms with van der Waals surface area (Å²) in [6, 6.07) is 3.15. The molecule has 58 valence electrons. The van der Waals surface area contributed by atoms with Gasteiger partial charge in [0.15, 0.2) is 8.46 Å². The van der Waals surface area contributed by atoms with Crippen molar-refractivity contribution in [2.45, 2.75) is 0 Å². The van der Waals surface area contributed by atoms with Gasteiger partial charge in [-0.2, -0.15) is 0 Å². The third-order valence-corrected chi connectivity index (χ3v) is 1.98. The first-order valence-corrected chi connectivity index (χ1v) is 3.75. The molecule has 1 aromatic carbocycles. The number of nitrogens with two attached hydrogens (primary N) is 3. The van der Waals surface area contributed by atoms with Crippen LogP contribution in [0.25, 0.3) is 0 Å². The van der Waals surface area contributed by atoms with Gasteiger partial charge in [0.05, 0.1) is 22.4 Å². The maximum Gasteiger partial charge on any atom is 0.194 e. The highest BCUT2D eigenvalue weighted by Crippen LogP contribution is 2.21. The molecule has 0 aliphatic carbocycles. The normalized spacial score (nSPS) is 10.2. The molecule has 0 aliphatic heterocycles. The smallest absolute Gasteiger partial charge is 0.194 e. The van der Waals surface area contributed by atoms with E-state index in [-0.39, 0.29) is 8.46 Å². The molecule has 0 unspecified atom stereocenters. The van der Waals surface area contributed by atoms with Crippen LogP contribution in [-0.4, -0.2) is 0 Å². The largest absolute Gasteiger partial charge is 0.397 e. The first kappa shape index (κ1) is 7.82. The Balaban J connectivity index is 3.36. The number of nitrogen functional groups attached to an aromatic ring is 3. The molecule has 0 aromatic heterocycles. The highest BCUT2D eigenvalue weighted by molar-refractivity contribution is 7.34. The molecule has 0 fully saturated rings. The van der Waals surface area contributed by atoms with Crippen LogP contribution in [0, 0.1) is 0 Å². The van der Waals surface area contributed by atoms with Gasteiger partial charge >= 0.3 is 0 Å². The van der Waals surface area contributed by atoms with Crippen molar-refractivity contribution in [1.29, 1.82) is 0 Å². The van der Waals surface area contributed by atoms with E-state index in [1.165, 1.54) is 0 Å². The van der Waals surface area contributed by atoms with Crippen LogP contribution in [0.15, 0.2) is 12.1 Å². The molecular weight excluding hydrogens is 161 g/mol. The van der Waals surface area contributed by atoms with E-state index in [2.05, 4.69) is 0 Å². The fourth-order valence-electron chi connectivity index (χ4n) is 0.721. The number of rotatable bonds is 1. The molecule has 0 atom stereocenters. The van der Waals surface area contributed by atoms with Crippen molar-refractivity contribution in [2.75, 3.05) is 17.2 Å². The Morgan fingerprint density at radius 1 is 1.09 bits per heavy atom. The quantitative estimate of drug-likeness (QED) is 0.417. The number of benzene rings is 1. The summed E-state index contributed by atoms with van der Waals surface area (Å²) in [6.45, 7) is 0. The number of anilines is 3. The van der Waals surface area contributed by atoms with Crippen LogP contribution in [0.2, 0.25) is 0 Å². The highest BCUT2D eigenvalue weighted by atomic mass is 31.1. The summed E-state index contributed by atoms with van der Waals surface area (Å²) < 4.78 is 10.4. The zero-order valence-electron chi connectivity index (χ0n) is 5.74. The zero-order valence-corrected chi connectivity index (χ0v) is 6.64. The molecule has 0 heterocycles. The van der Waals surface area contributed by atoms with Crippen molar-refractivity contribution in [1.82, 2.24) is 0 Å². The molecule has 0 spiro atoms. The number of hydrogen-bond donors (Lipinski definition) is 3. The molecule has 11 heavy (non-hydrogen) atoms. The van der Waals surface area contributed by atoms with Gasteiger partial charge in [0.25, 0.3) is 0 Å². The maximum atomic E-state index is 10.4. The van der Waals surface area contributed by atoms with Crippen LogP contribution in [0.5, 0.6) is 0 Å². The van der Waals surface area contributed by atoms with Crippen LogP contribution in [0.3, 0.4) is 0 Å². The van der Waals surface area contributed by atoms with Gasteiger partial charge in [-0.3, -0.25) is 4.57 Å². The van der Waals surface area contributed by atoms with Crippen LogP contribution >= 0.6 is 8.46 Å². The second kappa shape index (κ2) is 2.76. The third kappa shape index (κ3) is 1.25. The lowest BCUT2D eigenvalue weighted by Crippen LogP contribution is -2.08. The van der Waals surface area contributed by atoms with E-state index in [4.69, 9.17) is 17.2 Å². The van der Waals surface area contributed by atoms with E-state index >= 15 is 0 Å². The van der Waals surface area contributed by atoms with E-state index in [0.717, 1.165) is 0 Å². The molecule has 1 aromatic rings. The molecule has 4 nitrogen and oxygen atoms in total. The lowest BCUT2D eigenvalue weighted by Gasteiger charge is -2.04. The van der Waals surface area contributed by atoms with E-state index in [9.17, 15) is 4.57 Å². The van der Waals surface area contributed by atoms with Gasteiger partial charge in [-0.05, 0) is 12.1 Å². The minimum Gasteiger partial charge on any atom is -0.397 e. The molecule has 0 bridgehead atoms. The second-order valence-corrected chi connectivity index (χ2v) is 2.76. The summed E-state index contributed by atoms with van der Waals surface area (Å²) >= 11 is 0. The third-order valence-electron chi connectivity index (χ3n) is 1.40. The van der Waals surface area contributed by atoms with Crippen molar-refractivity contribution < 1.29 is 4.57 Å². The van der Waals surface area contributed by atoms with Crippen molar-refractivity contribution >= 4 is 30.8 Å². The Hall–Kier alpha value is -1.28. The highest BCUT2D eigenvalue weighted by Gasteiger charge is 2.04. The van der Waals surface area contributed by atoms with Gasteiger partial charge < -0.3 is 17.2 Å². The second-order valence-electron chi connectivity index (χ2n) is 2.09. The first-order valence-electron chi connectivity index (χ1n) is 2.93. The van der Waals surface area contributed by atoms with E-state index in [1.54, 1.807) is 12.1 Å². The van der Waals surface area contributed by atoms with Crippen molar-refractivity contribution in [3.8, 4) is 0 Å². The van der Waals surface area contributed by atoms with Gasteiger partial charge in [0.1, 0.15) is 0 Å². The van der Waals surface area contributed by atoms with Gasteiger partial charge in [0.2, 0.25) is 0 Å². The van der Waals surface area contributed by atoms with Gasteiger partial charge in [-0.25, -0.2) is 0 Å². The lowest BCUT2D eigenvalue weighted by atomic mass is 10.2. The Kier molecular flexibility index (Phi) is 1.96. The van der Waals surface area contributed by atoms with Crippen molar-refractivity contribution in [2.24, 2.45) is 0 Å². The van der Waals surface area contributed by atoms with Crippen molar-refractivity contribution in [3.05, 3.63) is 12.1 Å². The van der Waals surface area contributed by atoms with Crippen LogP contribution in [0.1, 0.15) is 0 Å². The minimum atomic E-state index is -0.141. The predicted molar refractivity (Wildman–Crippen MR) is 46.9 cm³/mol. The van der Waals surface area contributed by atoms with Crippen LogP contribution in [-0.2, 0) is 4.57 Å². The summed E-state index contributed by atoms with van der Waals surface area (Å²) in [5.74, 6) is 0. The summed E-state index contributed by atoms with van der Waals surface area (Å²) in [7, 11) is -0.141. The molecule has 0 amide bonds. The molecule has 0 saturated heterocycles. The first-order chi connectivity index (χ1) is 5.16. The van der Waals surface area contributed by atoms with Gasteiger partial charge in [-0.15, -0.1) is 0 Å². The molecule has 0 aliphatic rings.